The van der Waals surface area contributed by atoms with E-state index in [4.69, 9.17) is 0 Å². The van der Waals surface area contributed by atoms with E-state index in [2.05, 4.69) is 5.10 Å². The number of aryl methyl sites for hydroxylation is 1. The van der Waals surface area contributed by atoms with Gasteiger partial charge in [0.15, 0.2) is 0 Å². The second-order valence-corrected chi connectivity index (χ2v) is 8.07. The summed E-state index contributed by atoms with van der Waals surface area (Å²) in [5.74, 6) is 0.731. The van der Waals surface area contributed by atoms with Gasteiger partial charge in [-0.15, -0.1) is 0 Å². The Morgan fingerprint density at radius 2 is 2.05 bits per heavy atom. The van der Waals surface area contributed by atoms with Gasteiger partial charge in [0.05, 0.1) is 6.20 Å². The van der Waals surface area contributed by atoms with Gasteiger partial charge in [-0.1, -0.05) is 0 Å². The predicted molar refractivity (Wildman–Crippen MR) is 80.5 cm³/mol. The van der Waals surface area contributed by atoms with Crippen LogP contribution in [0, 0.1) is 5.92 Å². The topological polar surface area (TPSA) is 75.5 Å². The number of hydrogen-bond acceptors (Lipinski definition) is 4. The van der Waals surface area contributed by atoms with Crippen LogP contribution in [0.15, 0.2) is 17.3 Å². The molecule has 1 saturated carbocycles. The fourth-order valence-corrected chi connectivity index (χ4v) is 4.22. The highest BCUT2D eigenvalue weighted by Gasteiger charge is 2.31. The maximum Gasteiger partial charge on any atom is 0.246 e. The predicted octanol–water partition coefficient (Wildman–Crippen LogP) is 0.443. The normalized spacial score (nSPS) is 20.9. The Labute approximate surface area is 130 Å². The number of aromatic nitrogens is 2. The minimum absolute atomic E-state index is 0.170. The Balaban J connectivity index is 1.65. The van der Waals surface area contributed by atoms with Crippen molar-refractivity contribution in [1.82, 2.24) is 19.0 Å². The molecular formula is C14H22N4O3S. The van der Waals surface area contributed by atoms with Gasteiger partial charge < -0.3 is 4.90 Å². The van der Waals surface area contributed by atoms with Crippen molar-refractivity contribution in [3.63, 3.8) is 0 Å². The van der Waals surface area contributed by atoms with Crippen LogP contribution >= 0.6 is 0 Å². The Bertz CT molecular complexity index is 651. The van der Waals surface area contributed by atoms with Crippen LogP contribution in [0.4, 0.5) is 0 Å². The summed E-state index contributed by atoms with van der Waals surface area (Å²) in [6.07, 6.45) is 6.49. The monoisotopic (exact) mass is 326 g/mol. The number of carbonyl (C=O) groups excluding carboxylic acids is 1. The first-order chi connectivity index (χ1) is 10.5. The molecule has 3 rings (SSSR count). The van der Waals surface area contributed by atoms with E-state index in [9.17, 15) is 13.2 Å². The molecule has 7 nitrogen and oxygen atoms in total. The van der Waals surface area contributed by atoms with Gasteiger partial charge in [0.25, 0.3) is 0 Å². The molecule has 1 saturated heterocycles. The zero-order chi connectivity index (χ0) is 15.7. The van der Waals surface area contributed by atoms with Crippen molar-refractivity contribution >= 4 is 15.9 Å². The summed E-state index contributed by atoms with van der Waals surface area (Å²) in [5.41, 5.74) is 0. The number of sulfonamides is 1. The summed E-state index contributed by atoms with van der Waals surface area (Å²) in [5, 5.41) is 3.93. The second-order valence-electron chi connectivity index (χ2n) is 6.14. The third kappa shape index (κ3) is 3.33. The van der Waals surface area contributed by atoms with Gasteiger partial charge >= 0.3 is 0 Å². The highest BCUT2D eigenvalue weighted by atomic mass is 32.2. The van der Waals surface area contributed by atoms with Crippen LogP contribution in [0.5, 0.6) is 0 Å². The van der Waals surface area contributed by atoms with Crippen molar-refractivity contribution in [2.75, 3.05) is 26.2 Å². The fraction of sp³-hybridized carbons (Fsp3) is 0.714. The molecule has 2 fully saturated rings. The van der Waals surface area contributed by atoms with Gasteiger partial charge in [-0.2, -0.15) is 9.40 Å². The Hall–Kier alpha value is -1.41. The molecule has 2 heterocycles. The molecule has 22 heavy (non-hydrogen) atoms. The lowest BCUT2D eigenvalue weighted by Crippen LogP contribution is -2.37. The van der Waals surface area contributed by atoms with Crippen LogP contribution in [0.2, 0.25) is 0 Å². The Kier molecular flexibility index (Phi) is 4.22. The number of amides is 1. The SMILES string of the molecule is Cn1cc(S(=O)(=O)N2CCCN(C(=O)CC3CC3)CC2)cn1. The van der Waals surface area contributed by atoms with Crippen LogP contribution in [0.1, 0.15) is 25.7 Å². The van der Waals surface area contributed by atoms with Crippen LogP contribution in [-0.2, 0) is 21.9 Å². The lowest BCUT2D eigenvalue weighted by molar-refractivity contribution is -0.131. The molecule has 0 radical (unpaired) electrons. The molecule has 1 amide bonds. The van der Waals surface area contributed by atoms with Crippen molar-refractivity contribution in [3.05, 3.63) is 12.4 Å². The third-order valence-electron chi connectivity index (χ3n) is 4.29. The zero-order valence-electron chi connectivity index (χ0n) is 12.8. The van der Waals surface area contributed by atoms with E-state index in [1.807, 2.05) is 4.90 Å². The molecule has 2 aliphatic rings. The molecule has 1 aliphatic heterocycles. The molecule has 0 N–H and O–H groups in total. The molecule has 1 aromatic rings. The van der Waals surface area contributed by atoms with Crippen molar-refractivity contribution in [2.45, 2.75) is 30.6 Å². The minimum atomic E-state index is -3.51. The molecule has 1 aromatic heterocycles. The number of hydrogen-bond donors (Lipinski definition) is 0. The molecule has 8 heteroatoms. The summed E-state index contributed by atoms with van der Waals surface area (Å²) < 4.78 is 28.1. The molecule has 0 aromatic carbocycles. The second kappa shape index (κ2) is 6.00. The van der Waals surface area contributed by atoms with E-state index in [0.717, 1.165) is 12.8 Å². The molecule has 1 aliphatic carbocycles. The summed E-state index contributed by atoms with van der Waals surface area (Å²) in [7, 11) is -1.82. The molecule has 0 atom stereocenters. The van der Waals surface area contributed by atoms with Crippen LogP contribution in [0.25, 0.3) is 0 Å². The average Bonchev–Trinajstić information content (AvgIpc) is 3.22. The van der Waals surface area contributed by atoms with Crippen molar-refractivity contribution in [3.8, 4) is 0 Å². The van der Waals surface area contributed by atoms with Gasteiger partial charge in [-0.25, -0.2) is 8.42 Å². The molecule has 0 bridgehead atoms. The van der Waals surface area contributed by atoms with E-state index in [0.29, 0.717) is 44.9 Å². The first-order valence-corrected chi connectivity index (χ1v) is 9.17. The Morgan fingerprint density at radius 1 is 1.27 bits per heavy atom. The van der Waals surface area contributed by atoms with E-state index < -0.39 is 10.0 Å². The lowest BCUT2D eigenvalue weighted by atomic mass is 10.2. The summed E-state index contributed by atoms with van der Waals surface area (Å²) in [6, 6.07) is 0. The van der Waals surface area contributed by atoms with Gasteiger partial charge in [0.2, 0.25) is 15.9 Å². The van der Waals surface area contributed by atoms with E-state index in [-0.39, 0.29) is 10.8 Å². The van der Waals surface area contributed by atoms with Gasteiger partial charge in [-0.3, -0.25) is 9.48 Å². The quantitative estimate of drug-likeness (QED) is 0.805. The molecule has 0 unspecified atom stereocenters. The standard InChI is InChI=1S/C14H22N4O3S/c1-16-11-13(10-15-16)22(20,21)18-6-2-5-17(7-8-18)14(19)9-12-3-4-12/h10-12H,2-9H2,1H3. The number of rotatable bonds is 4. The smallest absolute Gasteiger partial charge is 0.246 e. The van der Waals surface area contributed by atoms with Crippen molar-refractivity contribution in [1.29, 1.82) is 0 Å². The van der Waals surface area contributed by atoms with E-state index in [1.54, 1.807) is 7.05 Å². The van der Waals surface area contributed by atoms with Crippen molar-refractivity contribution < 1.29 is 13.2 Å². The summed E-state index contributed by atoms with van der Waals surface area (Å²) in [6.45, 7) is 1.92. The molecule has 122 valence electrons. The summed E-state index contributed by atoms with van der Waals surface area (Å²) >= 11 is 0. The lowest BCUT2D eigenvalue weighted by Gasteiger charge is -2.21. The average molecular weight is 326 g/mol. The van der Waals surface area contributed by atoms with Gasteiger partial charge in [-0.05, 0) is 25.2 Å². The van der Waals surface area contributed by atoms with Gasteiger partial charge in [0.1, 0.15) is 4.90 Å². The maximum atomic E-state index is 12.6. The number of nitrogens with zero attached hydrogens (tertiary/aromatic N) is 4. The number of carbonyl (C=O) groups is 1. The van der Waals surface area contributed by atoms with E-state index >= 15 is 0 Å². The Morgan fingerprint density at radius 3 is 2.68 bits per heavy atom. The van der Waals surface area contributed by atoms with Crippen LogP contribution in [0.3, 0.4) is 0 Å². The minimum Gasteiger partial charge on any atom is -0.341 e. The first-order valence-electron chi connectivity index (χ1n) is 7.73. The highest BCUT2D eigenvalue weighted by molar-refractivity contribution is 7.89. The zero-order valence-corrected chi connectivity index (χ0v) is 13.6. The molecule has 0 spiro atoms. The third-order valence-corrected chi connectivity index (χ3v) is 6.14. The van der Waals surface area contributed by atoms with Crippen LogP contribution in [-0.4, -0.2) is 59.5 Å². The van der Waals surface area contributed by atoms with Gasteiger partial charge in [0, 0.05) is 45.8 Å². The molecular weight excluding hydrogens is 304 g/mol. The first kappa shape index (κ1) is 15.5. The van der Waals surface area contributed by atoms with Crippen molar-refractivity contribution in [2.24, 2.45) is 13.0 Å². The largest absolute Gasteiger partial charge is 0.341 e. The fourth-order valence-electron chi connectivity index (χ4n) is 2.76. The highest BCUT2D eigenvalue weighted by Crippen LogP contribution is 2.33. The van der Waals surface area contributed by atoms with Crippen LogP contribution < -0.4 is 0 Å². The maximum absolute atomic E-state index is 12.6. The van der Waals surface area contributed by atoms with E-state index in [1.165, 1.54) is 21.4 Å². The summed E-state index contributed by atoms with van der Waals surface area (Å²) in [4.78, 5) is 14.2.